The molecule has 5 aromatic rings. The van der Waals surface area contributed by atoms with Crippen LogP contribution in [0.3, 0.4) is 0 Å². The molecule has 5 atom stereocenters. The number of ether oxygens (including phenoxy) is 7. The van der Waals surface area contributed by atoms with Crippen molar-refractivity contribution in [2.45, 2.75) is 63.6 Å². The number of hydrogen-bond donors (Lipinski definition) is 2. The molecule has 298 valence electrons. The van der Waals surface area contributed by atoms with Crippen LogP contribution < -0.4 is 27.5 Å². The van der Waals surface area contributed by atoms with Crippen LogP contribution in [-0.2, 0) is 54.8 Å². The number of rotatable bonds is 18. The molecule has 0 bridgehead atoms. The number of hydrogen-bond acceptors (Lipinski definition) is 8. The van der Waals surface area contributed by atoms with E-state index in [4.69, 9.17) is 33.2 Å². The SMILES string of the molecule is COc1ccc(/C(=C/C2=[NH+]CCCN2)O[C@H]2O[C@H](COCc3ccccc3)[C@@H](OCc3ccccc3)[C@H](OCc3ccccc3)[C@H]2OCc2ccccc2)cc1.[Cl-]. The summed E-state index contributed by atoms with van der Waals surface area (Å²) in [6, 6.07) is 48.3. The Morgan fingerprint density at radius 2 is 1.16 bits per heavy atom. The highest BCUT2D eigenvalue weighted by Crippen LogP contribution is 2.34. The van der Waals surface area contributed by atoms with E-state index in [-0.39, 0.29) is 19.0 Å². The summed E-state index contributed by atoms with van der Waals surface area (Å²) in [7, 11) is 1.66. The van der Waals surface area contributed by atoms with Crippen LogP contribution >= 0.6 is 0 Å². The average Bonchev–Trinajstić information content (AvgIpc) is 3.26. The van der Waals surface area contributed by atoms with Gasteiger partial charge in [0.1, 0.15) is 35.9 Å². The second kappa shape index (κ2) is 22.1. The fourth-order valence-electron chi connectivity index (χ4n) is 6.74. The van der Waals surface area contributed by atoms with Crippen LogP contribution in [0.2, 0.25) is 0 Å². The molecule has 1 fully saturated rings. The predicted molar refractivity (Wildman–Crippen MR) is 215 cm³/mol. The third-order valence-electron chi connectivity index (χ3n) is 9.72. The molecular formula is C47H51ClN2O7. The highest BCUT2D eigenvalue weighted by Gasteiger charge is 2.50. The molecule has 0 unspecified atom stereocenters. The second-order valence-corrected chi connectivity index (χ2v) is 13.8. The molecule has 9 nitrogen and oxygen atoms in total. The van der Waals surface area contributed by atoms with Crippen molar-refractivity contribution in [3.8, 4) is 5.75 Å². The first-order valence-corrected chi connectivity index (χ1v) is 19.3. The van der Waals surface area contributed by atoms with Gasteiger partial charge in [-0.3, -0.25) is 10.3 Å². The minimum absolute atomic E-state index is 0. The van der Waals surface area contributed by atoms with Gasteiger partial charge in [0.25, 0.3) is 5.84 Å². The molecule has 1 saturated heterocycles. The minimum atomic E-state index is -0.918. The molecule has 5 aromatic carbocycles. The summed E-state index contributed by atoms with van der Waals surface area (Å²) in [5, 5.41) is 3.46. The zero-order chi connectivity index (χ0) is 38.2. The summed E-state index contributed by atoms with van der Waals surface area (Å²) >= 11 is 0. The van der Waals surface area contributed by atoms with Crippen LogP contribution in [0.5, 0.6) is 5.75 Å². The molecule has 2 heterocycles. The number of halogens is 1. The first-order valence-electron chi connectivity index (χ1n) is 19.3. The van der Waals surface area contributed by atoms with Crippen LogP contribution in [-0.4, -0.2) is 63.3 Å². The molecule has 10 heteroatoms. The van der Waals surface area contributed by atoms with Crippen molar-refractivity contribution in [2.24, 2.45) is 0 Å². The normalized spacial score (nSPS) is 20.8. The van der Waals surface area contributed by atoms with E-state index in [2.05, 4.69) is 34.6 Å². The highest BCUT2D eigenvalue weighted by atomic mass is 35.5. The zero-order valence-electron chi connectivity index (χ0n) is 32.2. The van der Waals surface area contributed by atoms with E-state index < -0.39 is 30.7 Å². The van der Waals surface area contributed by atoms with Gasteiger partial charge in [-0.1, -0.05) is 121 Å². The van der Waals surface area contributed by atoms with E-state index in [1.54, 1.807) is 7.11 Å². The van der Waals surface area contributed by atoms with Crippen molar-refractivity contribution in [1.29, 1.82) is 0 Å². The van der Waals surface area contributed by atoms with Crippen molar-refractivity contribution in [3.63, 3.8) is 0 Å². The van der Waals surface area contributed by atoms with Crippen LogP contribution in [0, 0.1) is 0 Å². The van der Waals surface area contributed by atoms with Crippen LogP contribution in [0.25, 0.3) is 5.76 Å². The zero-order valence-corrected chi connectivity index (χ0v) is 33.0. The summed E-state index contributed by atoms with van der Waals surface area (Å²) in [4.78, 5) is 3.46. The van der Waals surface area contributed by atoms with Gasteiger partial charge in [-0.2, -0.15) is 0 Å². The number of nitrogens with one attached hydrogen (secondary N) is 2. The molecule has 0 aliphatic carbocycles. The molecular weight excluding hydrogens is 740 g/mol. The third kappa shape index (κ3) is 12.2. The van der Waals surface area contributed by atoms with Gasteiger partial charge in [-0.05, 0) is 46.5 Å². The van der Waals surface area contributed by atoms with Crippen molar-refractivity contribution in [3.05, 3.63) is 179 Å². The van der Waals surface area contributed by atoms with Gasteiger partial charge in [0.2, 0.25) is 6.29 Å². The molecule has 0 aromatic heterocycles. The van der Waals surface area contributed by atoms with E-state index in [1.165, 1.54) is 0 Å². The van der Waals surface area contributed by atoms with Crippen LogP contribution in [0.4, 0.5) is 0 Å². The molecule has 57 heavy (non-hydrogen) atoms. The molecule has 2 N–H and O–H groups in total. The summed E-state index contributed by atoms with van der Waals surface area (Å²) in [6.45, 7) is 3.34. The van der Waals surface area contributed by atoms with Gasteiger partial charge < -0.3 is 45.6 Å². The maximum absolute atomic E-state index is 7.02. The lowest BCUT2D eigenvalue weighted by Crippen LogP contribution is -3.00. The standard InChI is InChI=1S/C47H50N2O7.ClH/c1-50-40-25-23-39(24-26-40)41(29-43-48-27-14-28-49-43)55-47-46(54-33-38-21-12-5-13-22-38)45(53-32-37-19-10-4-11-20-37)44(52-31-36-17-8-3-9-18-36)42(56-47)34-51-30-35-15-6-2-7-16-35;/h2-13,15-26,29,42,44-47H,14,27-28,30-34H2,1H3,(H,48,49);1H/b41-29-;/t42-,44-,45+,46-,47+;/m1./s1. The van der Waals surface area contributed by atoms with Crippen LogP contribution in [0.15, 0.2) is 152 Å². The first-order chi connectivity index (χ1) is 27.7. The Kier molecular flexibility index (Phi) is 16.1. The van der Waals surface area contributed by atoms with Crippen LogP contribution in [0.1, 0.15) is 34.2 Å². The fourth-order valence-corrected chi connectivity index (χ4v) is 6.74. The van der Waals surface area contributed by atoms with Crippen molar-refractivity contribution in [1.82, 2.24) is 5.32 Å². The van der Waals surface area contributed by atoms with Gasteiger partial charge in [-0.15, -0.1) is 0 Å². The number of benzene rings is 5. The van der Waals surface area contributed by atoms with Gasteiger partial charge in [0, 0.05) is 12.0 Å². The van der Waals surface area contributed by atoms with Crippen molar-refractivity contribution < 1.29 is 50.6 Å². The first kappa shape index (κ1) is 41.6. The van der Waals surface area contributed by atoms with E-state index in [0.29, 0.717) is 32.2 Å². The Labute approximate surface area is 342 Å². The topological polar surface area (TPSA) is 90.6 Å². The minimum Gasteiger partial charge on any atom is -1.00 e. The molecule has 0 amide bonds. The molecule has 0 spiro atoms. The second-order valence-electron chi connectivity index (χ2n) is 13.8. The van der Waals surface area contributed by atoms with E-state index in [1.807, 2.05) is 127 Å². The Bertz CT molecular complexity index is 1950. The average molecular weight is 791 g/mol. The lowest BCUT2D eigenvalue weighted by molar-refractivity contribution is -0.463. The summed E-state index contributed by atoms with van der Waals surface area (Å²) in [5.41, 5.74) is 4.99. The number of methoxy groups -OCH3 is 1. The quantitative estimate of drug-likeness (QED) is 0.131. The van der Waals surface area contributed by atoms with Crippen molar-refractivity contribution in [2.75, 3.05) is 26.8 Å². The predicted octanol–water partition coefficient (Wildman–Crippen LogP) is 3.23. The van der Waals surface area contributed by atoms with Gasteiger partial charge >= 0.3 is 0 Å². The maximum atomic E-state index is 7.02. The molecule has 2 aliphatic rings. The molecule has 2 aliphatic heterocycles. The molecule has 0 saturated carbocycles. The lowest BCUT2D eigenvalue weighted by atomic mass is 9.97. The van der Waals surface area contributed by atoms with Gasteiger partial charge in [0.05, 0.1) is 59.3 Å². The summed E-state index contributed by atoms with van der Waals surface area (Å²) in [6.07, 6.45) is -0.421. The van der Waals surface area contributed by atoms with Crippen molar-refractivity contribution >= 4 is 11.6 Å². The smallest absolute Gasteiger partial charge is 0.271 e. The third-order valence-corrected chi connectivity index (χ3v) is 9.72. The van der Waals surface area contributed by atoms with E-state index in [9.17, 15) is 0 Å². The Morgan fingerprint density at radius 3 is 1.67 bits per heavy atom. The Balaban J connectivity index is 0.00000549. The molecule has 7 rings (SSSR count). The Morgan fingerprint density at radius 1 is 0.649 bits per heavy atom. The maximum Gasteiger partial charge on any atom is 0.271 e. The summed E-state index contributed by atoms with van der Waals surface area (Å²) in [5.74, 6) is 2.21. The lowest BCUT2D eigenvalue weighted by Gasteiger charge is -2.46. The number of amidine groups is 1. The monoisotopic (exact) mass is 790 g/mol. The van der Waals surface area contributed by atoms with Gasteiger partial charge in [0.15, 0.2) is 0 Å². The largest absolute Gasteiger partial charge is 1.00 e. The fraction of sp³-hybridized carbons (Fsp3) is 0.298. The van der Waals surface area contributed by atoms with E-state index in [0.717, 1.165) is 58.9 Å². The highest BCUT2D eigenvalue weighted by molar-refractivity contribution is 5.94. The van der Waals surface area contributed by atoms with E-state index >= 15 is 0 Å². The molecule has 0 radical (unpaired) electrons. The van der Waals surface area contributed by atoms with Gasteiger partial charge in [-0.25, -0.2) is 0 Å². The Hall–Kier alpha value is -5.00. The summed E-state index contributed by atoms with van der Waals surface area (Å²) < 4.78 is 46.5.